The van der Waals surface area contributed by atoms with Crippen molar-refractivity contribution in [2.75, 3.05) is 0 Å². The highest BCUT2D eigenvalue weighted by atomic mass is 16.4. The normalized spacial score (nSPS) is 11.4. The van der Waals surface area contributed by atoms with Crippen LogP contribution in [0.5, 0.6) is 0 Å². The summed E-state index contributed by atoms with van der Waals surface area (Å²) in [5.74, 6) is -2.13. The Balaban J connectivity index is 2.49. The van der Waals surface area contributed by atoms with E-state index in [1.54, 1.807) is 12.1 Å². The molecule has 1 rings (SSSR count). The van der Waals surface area contributed by atoms with Crippen LogP contribution in [0.3, 0.4) is 0 Å². The van der Waals surface area contributed by atoms with Gasteiger partial charge in [-0.25, -0.2) is 9.59 Å². The molecule has 20 heavy (non-hydrogen) atoms. The van der Waals surface area contributed by atoms with Gasteiger partial charge in [-0.15, -0.1) is 0 Å². The summed E-state index contributed by atoms with van der Waals surface area (Å²) in [5, 5.41) is 13.4. The molecule has 3 amide bonds. The van der Waals surface area contributed by atoms with E-state index in [1.165, 1.54) is 0 Å². The molecule has 0 saturated carbocycles. The molecule has 5 N–H and O–H groups in total. The first kappa shape index (κ1) is 15.4. The molecule has 0 bridgehead atoms. The summed E-state index contributed by atoms with van der Waals surface area (Å²) in [7, 11) is 0. The van der Waals surface area contributed by atoms with Gasteiger partial charge in [0.2, 0.25) is 5.91 Å². The Kier molecular flexibility index (Phi) is 5.45. The molecule has 1 aromatic rings. The number of aliphatic carboxylic acids is 1. The lowest BCUT2D eigenvalue weighted by molar-refractivity contribution is -0.140. The first-order chi connectivity index (χ1) is 9.38. The average Bonchev–Trinajstić information content (AvgIpc) is 2.35. The van der Waals surface area contributed by atoms with Crippen molar-refractivity contribution in [3.05, 3.63) is 29.6 Å². The van der Waals surface area contributed by atoms with E-state index >= 15 is 0 Å². The Bertz CT molecular complexity index is 518. The molecule has 0 spiro atoms. The fraction of sp³-hybridized carbons (Fsp3) is 0.333. The molecule has 8 heteroatoms. The van der Waals surface area contributed by atoms with E-state index in [-0.39, 0.29) is 6.54 Å². The van der Waals surface area contributed by atoms with Gasteiger partial charge in [0.25, 0.3) is 0 Å². The maximum Gasteiger partial charge on any atom is 0.326 e. The lowest BCUT2D eigenvalue weighted by atomic mass is 10.2. The van der Waals surface area contributed by atoms with Gasteiger partial charge in [0.15, 0.2) is 0 Å². The molecule has 0 radical (unpaired) electrons. The van der Waals surface area contributed by atoms with E-state index in [9.17, 15) is 14.4 Å². The number of hydrogen-bond acceptors (Lipinski definition) is 4. The largest absolute Gasteiger partial charge is 0.480 e. The minimum atomic E-state index is -1.35. The van der Waals surface area contributed by atoms with Crippen LogP contribution in [0.15, 0.2) is 18.2 Å². The molecular weight excluding hydrogens is 264 g/mol. The lowest BCUT2D eigenvalue weighted by Crippen LogP contribution is -2.47. The third-order valence-corrected chi connectivity index (χ3v) is 2.38. The van der Waals surface area contributed by atoms with Crippen molar-refractivity contribution in [1.82, 2.24) is 15.6 Å². The molecule has 0 saturated heterocycles. The Morgan fingerprint density at radius 2 is 2.10 bits per heavy atom. The molecule has 1 atom stereocenters. The zero-order valence-corrected chi connectivity index (χ0v) is 10.9. The Hall–Kier alpha value is -2.64. The van der Waals surface area contributed by atoms with E-state index in [0.29, 0.717) is 5.69 Å². The number of carbonyl (C=O) groups excluding carboxylic acids is 2. The summed E-state index contributed by atoms with van der Waals surface area (Å²) in [6.45, 7) is 1.97. The molecule has 0 aliphatic rings. The Morgan fingerprint density at radius 3 is 2.65 bits per heavy atom. The molecule has 1 unspecified atom stereocenters. The molecule has 1 aromatic heterocycles. The van der Waals surface area contributed by atoms with Gasteiger partial charge in [-0.05, 0) is 19.1 Å². The van der Waals surface area contributed by atoms with Crippen LogP contribution in [0.2, 0.25) is 0 Å². The van der Waals surface area contributed by atoms with E-state index in [4.69, 9.17) is 10.8 Å². The van der Waals surface area contributed by atoms with Crippen LogP contribution in [0, 0.1) is 6.92 Å². The van der Waals surface area contributed by atoms with E-state index < -0.39 is 30.4 Å². The fourth-order valence-corrected chi connectivity index (χ4v) is 1.48. The van der Waals surface area contributed by atoms with Crippen molar-refractivity contribution in [2.24, 2.45) is 5.73 Å². The number of carbonyl (C=O) groups is 3. The topological polar surface area (TPSA) is 134 Å². The van der Waals surface area contributed by atoms with Crippen molar-refractivity contribution in [2.45, 2.75) is 25.9 Å². The second-order valence-electron chi connectivity index (χ2n) is 4.16. The molecule has 108 valence electrons. The van der Waals surface area contributed by atoms with Crippen LogP contribution < -0.4 is 16.4 Å². The van der Waals surface area contributed by atoms with Gasteiger partial charge in [-0.2, -0.15) is 0 Å². The Morgan fingerprint density at radius 1 is 1.40 bits per heavy atom. The first-order valence-electron chi connectivity index (χ1n) is 5.86. The number of aromatic nitrogens is 1. The third kappa shape index (κ3) is 5.34. The third-order valence-electron chi connectivity index (χ3n) is 2.38. The number of amides is 3. The zero-order chi connectivity index (χ0) is 15.1. The minimum Gasteiger partial charge on any atom is -0.480 e. The van der Waals surface area contributed by atoms with Crippen LogP contribution in [0.1, 0.15) is 17.8 Å². The maximum absolute atomic E-state index is 11.5. The lowest BCUT2D eigenvalue weighted by Gasteiger charge is -2.13. The number of carboxylic acid groups (broad SMARTS) is 1. The molecule has 0 aliphatic carbocycles. The van der Waals surface area contributed by atoms with Gasteiger partial charge in [-0.3, -0.25) is 9.78 Å². The minimum absolute atomic E-state index is 0.149. The summed E-state index contributed by atoms with van der Waals surface area (Å²) in [6, 6.07) is 3.28. The number of rotatable bonds is 6. The van der Waals surface area contributed by atoms with Crippen molar-refractivity contribution < 1.29 is 19.5 Å². The standard InChI is InChI=1S/C12H16N4O4/c1-7-3-2-4-8(15-7)6-14-12(20)16-9(11(18)19)5-10(13)17/h2-4,9H,5-6H2,1H3,(H2,13,17)(H,18,19)(H2,14,16,20). The van der Waals surface area contributed by atoms with Crippen molar-refractivity contribution in [1.29, 1.82) is 0 Å². The predicted molar refractivity (Wildman–Crippen MR) is 69.6 cm³/mol. The van der Waals surface area contributed by atoms with E-state index in [2.05, 4.69) is 15.6 Å². The van der Waals surface area contributed by atoms with Crippen LogP contribution in [-0.2, 0) is 16.1 Å². The summed E-state index contributed by atoms with van der Waals surface area (Å²) in [5.41, 5.74) is 6.35. The summed E-state index contributed by atoms with van der Waals surface area (Å²) in [6.07, 6.45) is -0.467. The molecule has 0 fully saturated rings. The van der Waals surface area contributed by atoms with Crippen LogP contribution in [-0.4, -0.2) is 34.0 Å². The second kappa shape index (κ2) is 7.07. The number of primary amides is 1. The van der Waals surface area contributed by atoms with Gasteiger partial charge >= 0.3 is 12.0 Å². The van der Waals surface area contributed by atoms with E-state index in [1.807, 2.05) is 13.0 Å². The van der Waals surface area contributed by atoms with Gasteiger partial charge in [-0.1, -0.05) is 6.07 Å². The van der Waals surface area contributed by atoms with Gasteiger partial charge in [0.1, 0.15) is 6.04 Å². The van der Waals surface area contributed by atoms with Crippen LogP contribution >= 0.6 is 0 Å². The number of carboxylic acids is 1. The zero-order valence-electron chi connectivity index (χ0n) is 10.9. The fourth-order valence-electron chi connectivity index (χ4n) is 1.48. The number of nitrogens with one attached hydrogen (secondary N) is 2. The number of hydrogen-bond donors (Lipinski definition) is 4. The summed E-state index contributed by atoms with van der Waals surface area (Å²) < 4.78 is 0. The SMILES string of the molecule is Cc1cccc(CNC(=O)NC(CC(N)=O)C(=O)O)n1. The highest BCUT2D eigenvalue weighted by Gasteiger charge is 2.21. The van der Waals surface area contributed by atoms with Crippen molar-refractivity contribution >= 4 is 17.9 Å². The number of pyridine rings is 1. The molecule has 8 nitrogen and oxygen atoms in total. The molecule has 0 aromatic carbocycles. The smallest absolute Gasteiger partial charge is 0.326 e. The predicted octanol–water partition coefficient (Wildman–Crippen LogP) is -0.482. The maximum atomic E-state index is 11.5. The highest BCUT2D eigenvalue weighted by Crippen LogP contribution is 1.97. The van der Waals surface area contributed by atoms with Crippen LogP contribution in [0.4, 0.5) is 4.79 Å². The monoisotopic (exact) mass is 280 g/mol. The average molecular weight is 280 g/mol. The van der Waals surface area contributed by atoms with E-state index in [0.717, 1.165) is 5.69 Å². The van der Waals surface area contributed by atoms with Crippen molar-refractivity contribution in [3.63, 3.8) is 0 Å². The molecule has 0 aliphatic heterocycles. The van der Waals surface area contributed by atoms with Gasteiger partial charge in [0.05, 0.1) is 18.7 Å². The highest BCUT2D eigenvalue weighted by molar-refractivity contribution is 5.87. The first-order valence-corrected chi connectivity index (χ1v) is 5.86. The van der Waals surface area contributed by atoms with Crippen LogP contribution in [0.25, 0.3) is 0 Å². The summed E-state index contributed by atoms with van der Waals surface area (Å²) >= 11 is 0. The van der Waals surface area contributed by atoms with Gasteiger partial charge < -0.3 is 21.5 Å². The molecule has 1 heterocycles. The number of nitrogens with two attached hydrogens (primary N) is 1. The van der Waals surface area contributed by atoms with Gasteiger partial charge in [0, 0.05) is 5.69 Å². The molecular formula is C12H16N4O4. The second-order valence-corrected chi connectivity index (χ2v) is 4.16. The number of urea groups is 1. The quantitative estimate of drug-likeness (QED) is 0.558. The Labute approximate surface area is 115 Å². The number of aryl methyl sites for hydroxylation is 1. The van der Waals surface area contributed by atoms with Crippen molar-refractivity contribution in [3.8, 4) is 0 Å². The summed E-state index contributed by atoms with van der Waals surface area (Å²) in [4.78, 5) is 37.2. The number of nitrogens with zero attached hydrogens (tertiary/aromatic N) is 1.